The highest BCUT2D eigenvalue weighted by atomic mass is 16.5. The second-order valence-electron chi connectivity index (χ2n) is 4.93. The lowest BCUT2D eigenvalue weighted by Gasteiger charge is -2.11. The van der Waals surface area contributed by atoms with Crippen molar-refractivity contribution in [1.82, 2.24) is 10.3 Å². The number of nitrogens with one attached hydrogen (secondary N) is 1. The van der Waals surface area contributed by atoms with Gasteiger partial charge >= 0.3 is 0 Å². The van der Waals surface area contributed by atoms with E-state index in [1.807, 2.05) is 0 Å². The molecule has 1 aliphatic heterocycles. The Hall–Kier alpha value is -1.66. The lowest BCUT2D eigenvalue weighted by atomic mass is 10.2. The van der Waals surface area contributed by atoms with Crippen molar-refractivity contribution in [1.29, 1.82) is 0 Å². The molecule has 1 atom stereocenters. The van der Waals surface area contributed by atoms with Gasteiger partial charge in [0.2, 0.25) is 5.88 Å². The van der Waals surface area contributed by atoms with E-state index in [0.717, 1.165) is 25.9 Å². The van der Waals surface area contributed by atoms with Gasteiger partial charge in [-0.1, -0.05) is 0 Å². The summed E-state index contributed by atoms with van der Waals surface area (Å²) in [4.78, 5) is 16.0. The van der Waals surface area contributed by atoms with Crippen molar-refractivity contribution in [2.24, 2.45) is 0 Å². The minimum atomic E-state index is -0.135. The first kappa shape index (κ1) is 15.7. The van der Waals surface area contributed by atoms with Gasteiger partial charge in [-0.15, -0.1) is 0 Å². The van der Waals surface area contributed by atoms with E-state index in [1.165, 1.54) is 6.20 Å². The molecule has 0 radical (unpaired) electrons. The number of methoxy groups -OCH3 is 1. The van der Waals surface area contributed by atoms with Crippen molar-refractivity contribution in [2.75, 3.05) is 33.5 Å². The van der Waals surface area contributed by atoms with Gasteiger partial charge in [0.05, 0.1) is 11.7 Å². The highest BCUT2D eigenvalue weighted by Crippen LogP contribution is 2.14. The molecule has 2 heterocycles. The summed E-state index contributed by atoms with van der Waals surface area (Å²) in [7, 11) is 1.64. The minimum Gasteiger partial charge on any atom is -0.475 e. The smallest absolute Gasteiger partial charge is 0.252 e. The Bertz CT molecular complexity index is 430. The molecule has 0 bridgehead atoms. The molecule has 6 heteroatoms. The number of ether oxygens (including phenoxy) is 3. The lowest BCUT2D eigenvalue weighted by molar-refractivity contribution is 0.0663. The SMILES string of the molecule is COCCCNC(=O)c1ccc(OCC2CCCO2)nc1. The third kappa shape index (κ3) is 5.32. The topological polar surface area (TPSA) is 69.7 Å². The molecular formula is C15H22N2O4. The van der Waals surface area contributed by atoms with Crippen LogP contribution in [0.15, 0.2) is 18.3 Å². The summed E-state index contributed by atoms with van der Waals surface area (Å²) >= 11 is 0. The van der Waals surface area contributed by atoms with E-state index in [1.54, 1.807) is 19.2 Å². The first-order valence-corrected chi connectivity index (χ1v) is 7.27. The average Bonchev–Trinajstić information content (AvgIpc) is 3.03. The summed E-state index contributed by atoms with van der Waals surface area (Å²) in [5, 5.41) is 2.81. The Morgan fingerprint density at radius 1 is 1.52 bits per heavy atom. The van der Waals surface area contributed by atoms with Gasteiger partial charge in [0.15, 0.2) is 0 Å². The number of carbonyl (C=O) groups excluding carboxylic acids is 1. The molecule has 0 aliphatic carbocycles. The number of rotatable bonds is 8. The maximum Gasteiger partial charge on any atom is 0.252 e. The van der Waals surface area contributed by atoms with E-state index < -0.39 is 0 Å². The summed E-state index contributed by atoms with van der Waals surface area (Å²) in [6, 6.07) is 3.42. The molecule has 1 fully saturated rings. The van der Waals surface area contributed by atoms with Gasteiger partial charge in [0.1, 0.15) is 6.61 Å². The van der Waals surface area contributed by atoms with E-state index in [0.29, 0.717) is 31.2 Å². The van der Waals surface area contributed by atoms with Gasteiger partial charge in [-0.25, -0.2) is 4.98 Å². The predicted octanol–water partition coefficient (Wildman–Crippen LogP) is 1.41. The molecule has 0 aromatic carbocycles. The van der Waals surface area contributed by atoms with Crippen LogP contribution >= 0.6 is 0 Å². The number of aromatic nitrogens is 1. The highest BCUT2D eigenvalue weighted by Gasteiger charge is 2.16. The van der Waals surface area contributed by atoms with Crippen LogP contribution in [-0.4, -0.2) is 50.5 Å². The van der Waals surface area contributed by atoms with Crippen LogP contribution in [0.1, 0.15) is 29.6 Å². The fourth-order valence-corrected chi connectivity index (χ4v) is 2.07. The van der Waals surface area contributed by atoms with Gasteiger partial charge < -0.3 is 19.5 Å². The van der Waals surface area contributed by atoms with E-state index in [9.17, 15) is 4.79 Å². The molecule has 1 amide bonds. The molecule has 0 spiro atoms. The zero-order valence-corrected chi connectivity index (χ0v) is 12.3. The maximum absolute atomic E-state index is 11.8. The second kappa shape index (κ2) is 8.59. The number of pyridine rings is 1. The number of nitrogens with zero attached hydrogens (tertiary/aromatic N) is 1. The van der Waals surface area contributed by atoms with Gasteiger partial charge in [0.25, 0.3) is 5.91 Å². The van der Waals surface area contributed by atoms with Crippen molar-refractivity contribution < 1.29 is 19.0 Å². The average molecular weight is 294 g/mol. The van der Waals surface area contributed by atoms with E-state index in [2.05, 4.69) is 10.3 Å². The number of carbonyl (C=O) groups is 1. The molecule has 2 rings (SSSR count). The van der Waals surface area contributed by atoms with Crippen LogP contribution in [-0.2, 0) is 9.47 Å². The Morgan fingerprint density at radius 3 is 3.10 bits per heavy atom. The first-order chi connectivity index (χ1) is 10.3. The molecule has 116 valence electrons. The highest BCUT2D eigenvalue weighted by molar-refractivity contribution is 5.93. The van der Waals surface area contributed by atoms with Crippen LogP contribution in [0.2, 0.25) is 0 Å². The Balaban J connectivity index is 1.73. The third-order valence-corrected chi connectivity index (χ3v) is 3.25. The third-order valence-electron chi connectivity index (χ3n) is 3.25. The molecule has 1 unspecified atom stereocenters. The molecule has 21 heavy (non-hydrogen) atoms. The van der Waals surface area contributed by atoms with E-state index >= 15 is 0 Å². The molecule has 1 N–H and O–H groups in total. The molecule has 1 aromatic rings. The zero-order valence-electron chi connectivity index (χ0n) is 12.3. The van der Waals surface area contributed by atoms with Gasteiger partial charge in [-0.3, -0.25) is 4.79 Å². The van der Waals surface area contributed by atoms with Crippen LogP contribution in [0.4, 0.5) is 0 Å². The van der Waals surface area contributed by atoms with Crippen molar-refractivity contribution >= 4 is 5.91 Å². The predicted molar refractivity (Wildman–Crippen MR) is 77.5 cm³/mol. The zero-order chi connectivity index (χ0) is 14.9. The molecule has 6 nitrogen and oxygen atoms in total. The van der Waals surface area contributed by atoms with Crippen molar-refractivity contribution in [3.05, 3.63) is 23.9 Å². The maximum atomic E-state index is 11.8. The van der Waals surface area contributed by atoms with Crippen molar-refractivity contribution in [3.8, 4) is 5.88 Å². The van der Waals surface area contributed by atoms with Crippen LogP contribution in [0.25, 0.3) is 0 Å². The fourth-order valence-electron chi connectivity index (χ4n) is 2.07. The largest absolute Gasteiger partial charge is 0.475 e. The van der Waals surface area contributed by atoms with Crippen LogP contribution < -0.4 is 10.1 Å². The molecule has 1 aliphatic rings. The molecule has 0 saturated carbocycles. The minimum absolute atomic E-state index is 0.135. The fraction of sp³-hybridized carbons (Fsp3) is 0.600. The number of hydrogen-bond donors (Lipinski definition) is 1. The van der Waals surface area contributed by atoms with Crippen molar-refractivity contribution in [2.45, 2.75) is 25.4 Å². The standard InChI is InChI=1S/C15H22N2O4/c1-19-8-3-7-16-15(18)12-5-6-14(17-10-12)21-11-13-4-2-9-20-13/h5-6,10,13H,2-4,7-9,11H2,1H3,(H,16,18). The normalized spacial score (nSPS) is 17.7. The van der Waals surface area contributed by atoms with Gasteiger partial charge in [0, 0.05) is 39.1 Å². The van der Waals surface area contributed by atoms with E-state index in [4.69, 9.17) is 14.2 Å². The van der Waals surface area contributed by atoms with Gasteiger partial charge in [-0.2, -0.15) is 0 Å². The first-order valence-electron chi connectivity index (χ1n) is 7.27. The summed E-state index contributed by atoms with van der Waals surface area (Å²) in [5.41, 5.74) is 0.525. The van der Waals surface area contributed by atoms with Crippen molar-refractivity contribution in [3.63, 3.8) is 0 Å². The molecule has 1 aromatic heterocycles. The Morgan fingerprint density at radius 2 is 2.43 bits per heavy atom. The quantitative estimate of drug-likeness (QED) is 0.734. The number of hydrogen-bond acceptors (Lipinski definition) is 5. The van der Waals surface area contributed by atoms with Crippen LogP contribution in [0, 0.1) is 0 Å². The second-order valence-corrected chi connectivity index (χ2v) is 4.93. The molecule has 1 saturated heterocycles. The summed E-state index contributed by atoms with van der Waals surface area (Å²) in [6.07, 6.45) is 4.59. The Kier molecular flexibility index (Phi) is 6.43. The lowest BCUT2D eigenvalue weighted by Crippen LogP contribution is -2.25. The van der Waals surface area contributed by atoms with E-state index in [-0.39, 0.29) is 12.0 Å². The van der Waals surface area contributed by atoms with Gasteiger partial charge in [-0.05, 0) is 25.3 Å². The summed E-state index contributed by atoms with van der Waals surface area (Å²) in [5.74, 6) is 0.380. The summed E-state index contributed by atoms with van der Waals surface area (Å²) in [6.45, 7) is 2.54. The number of amides is 1. The Labute approximate surface area is 124 Å². The van der Waals surface area contributed by atoms with Crippen LogP contribution in [0.5, 0.6) is 5.88 Å². The molecular weight excluding hydrogens is 272 g/mol. The van der Waals surface area contributed by atoms with Crippen LogP contribution in [0.3, 0.4) is 0 Å². The monoisotopic (exact) mass is 294 g/mol. The summed E-state index contributed by atoms with van der Waals surface area (Å²) < 4.78 is 16.0.